The Balaban J connectivity index is 1.38. The molecule has 0 aliphatic heterocycles. The fraction of sp³-hybridized carbons (Fsp3) is 0.0952. The average Bonchev–Trinajstić information content (AvgIpc) is 3.41. The van der Waals surface area contributed by atoms with E-state index in [2.05, 4.69) is 15.5 Å². The number of hydrogen-bond donors (Lipinski definition) is 1. The largest absolute Gasteiger partial charge is 0.470 e. The van der Waals surface area contributed by atoms with E-state index >= 15 is 0 Å². The van der Waals surface area contributed by atoms with Crippen molar-refractivity contribution in [2.75, 3.05) is 5.32 Å². The highest BCUT2D eigenvalue weighted by Gasteiger charge is 2.16. The van der Waals surface area contributed by atoms with Gasteiger partial charge in [0.15, 0.2) is 18.2 Å². The number of nitrogens with zero attached hydrogens (tertiary/aromatic N) is 5. The lowest BCUT2D eigenvalue weighted by Gasteiger charge is -2.07. The number of rotatable bonds is 8. The van der Waals surface area contributed by atoms with Crippen LogP contribution in [0.15, 0.2) is 60.9 Å². The number of nitro benzene ring substituents is 1. The van der Waals surface area contributed by atoms with Crippen molar-refractivity contribution in [3.63, 3.8) is 0 Å². The van der Waals surface area contributed by atoms with Crippen LogP contribution in [0.1, 0.15) is 16.1 Å². The number of nitrogens with one attached hydrogen (secondary N) is 1. The van der Waals surface area contributed by atoms with Gasteiger partial charge >= 0.3 is 0 Å². The van der Waals surface area contributed by atoms with Gasteiger partial charge in [-0.05, 0) is 18.2 Å². The maximum atomic E-state index is 13.9. The highest BCUT2D eigenvalue weighted by molar-refractivity contribution is 6.33. The summed E-state index contributed by atoms with van der Waals surface area (Å²) in [5.74, 6) is -0.611. The van der Waals surface area contributed by atoms with Crippen molar-refractivity contribution < 1.29 is 18.8 Å². The fourth-order valence-electron chi connectivity index (χ4n) is 2.95. The van der Waals surface area contributed by atoms with Crippen molar-refractivity contribution in [1.29, 1.82) is 0 Å². The Morgan fingerprint density at radius 3 is 2.65 bits per heavy atom. The standard InChI is InChI=1S/C21H15Cl2FN6O4/c22-15-9-14(30(32)33)5-6-19(15)34-12-28-8-7-18(26-28)21(31)25-20-16(23)11-29(27-20)10-13-3-1-2-4-17(13)24/h1-9,11H,10,12H2,(H,25,27,31). The van der Waals surface area contributed by atoms with Gasteiger partial charge in [-0.3, -0.25) is 19.6 Å². The summed E-state index contributed by atoms with van der Waals surface area (Å²) in [5, 5.41) is 21.9. The van der Waals surface area contributed by atoms with E-state index in [-0.39, 0.29) is 52.1 Å². The second kappa shape index (κ2) is 9.89. The maximum Gasteiger partial charge on any atom is 0.277 e. The molecule has 4 rings (SSSR count). The lowest BCUT2D eigenvalue weighted by atomic mass is 10.2. The second-order valence-corrected chi connectivity index (χ2v) is 7.77. The number of benzene rings is 2. The van der Waals surface area contributed by atoms with Crippen LogP contribution in [-0.4, -0.2) is 30.4 Å². The molecule has 1 amide bonds. The molecule has 4 aromatic rings. The molecular formula is C21H15Cl2FN6O4. The lowest BCUT2D eigenvalue weighted by molar-refractivity contribution is -0.384. The first-order chi connectivity index (χ1) is 16.3. The smallest absolute Gasteiger partial charge is 0.277 e. The number of ether oxygens (including phenoxy) is 1. The monoisotopic (exact) mass is 504 g/mol. The molecule has 34 heavy (non-hydrogen) atoms. The van der Waals surface area contributed by atoms with Gasteiger partial charge in [0.2, 0.25) is 0 Å². The number of hydrogen-bond acceptors (Lipinski definition) is 6. The molecule has 0 aliphatic rings. The van der Waals surface area contributed by atoms with E-state index in [1.54, 1.807) is 18.2 Å². The molecule has 1 N–H and O–H groups in total. The number of aromatic nitrogens is 4. The normalized spacial score (nSPS) is 10.8. The van der Waals surface area contributed by atoms with Gasteiger partial charge in [0, 0.05) is 30.1 Å². The van der Waals surface area contributed by atoms with Gasteiger partial charge in [-0.25, -0.2) is 9.07 Å². The summed E-state index contributed by atoms with van der Waals surface area (Å²) in [4.78, 5) is 22.8. The Bertz CT molecular complexity index is 1370. The van der Waals surface area contributed by atoms with Crippen LogP contribution in [0, 0.1) is 15.9 Å². The van der Waals surface area contributed by atoms with Gasteiger partial charge in [0.05, 0.1) is 16.5 Å². The van der Waals surface area contributed by atoms with E-state index in [4.69, 9.17) is 27.9 Å². The first-order valence-electron chi connectivity index (χ1n) is 9.68. The Labute approximate surface area is 201 Å². The summed E-state index contributed by atoms with van der Waals surface area (Å²) in [5.41, 5.74) is 0.329. The second-order valence-electron chi connectivity index (χ2n) is 6.95. The first-order valence-corrected chi connectivity index (χ1v) is 10.4. The summed E-state index contributed by atoms with van der Waals surface area (Å²) >= 11 is 12.2. The van der Waals surface area contributed by atoms with Crippen molar-refractivity contribution >= 4 is 40.6 Å². The number of nitro groups is 1. The maximum absolute atomic E-state index is 13.9. The Kier molecular flexibility index (Phi) is 6.75. The van der Waals surface area contributed by atoms with Crippen molar-refractivity contribution in [1.82, 2.24) is 19.6 Å². The van der Waals surface area contributed by atoms with Crippen LogP contribution in [0.5, 0.6) is 5.75 Å². The number of carbonyl (C=O) groups is 1. The molecule has 0 radical (unpaired) electrons. The molecule has 0 saturated heterocycles. The van der Waals surface area contributed by atoms with Crippen molar-refractivity contribution in [3.8, 4) is 5.75 Å². The van der Waals surface area contributed by atoms with Gasteiger partial charge in [0.25, 0.3) is 11.6 Å². The molecule has 0 aliphatic carbocycles. The lowest BCUT2D eigenvalue weighted by Crippen LogP contribution is -2.15. The molecule has 10 nitrogen and oxygen atoms in total. The number of amides is 1. The highest BCUT2D eigenvalue weighted by atomic mass is 35.5. The summed E-state index contributed by atoms with van der Waals surface area (Å²) in [6.07, 6.45) is 2.98. The first kappa shape index (κ1) is 23.2. The highest BCUT2D eigenvalue weighted by Crippen LogP contribution is 2.29. The zero-order valence-electron chi connectivity index (χ0n) is 17.2. The molecule has 0 fully saturated rings. The van der Waals surface area contributed by atoms with Crippen molar-refractivity contribution in [2.45, 2.75) is 13.3 Å². The van der Waals surface area contributed by atoms with Gasteiger partial charge < -0.3 is 10.1 Å². The molecular weight excluding hydrogens is 490 g/mol. The fourth-order valence-corrected chi connectivity index (χ4v) is 3.37. The van der Waals surface area contributed by atoms with E-state index in [0.29, 0.717) is 5.56 Å². The van der Waals surface area contributed by atoms with E-state index in [1.165, 1.54) is 52.1 Å². The molecule has 2 aromatic heterocycles. The Morgan fingerprint density at radius 2 is 1.91 bits per heavy atom. The third-order valence-corrected chi connectivity index (χ3v) is 5.16. The molecule has 0 bridgehead atoms. The molecule has 0 spiro atoms. The predicted octanol–water partition coefficient (Wildman–Crippen LogP) is 4.77. The molecule has 0 unspecified atom stereocenters. The SMILES string of the molecule is O=C(Nc1nn(Cc2ccccc2F)cc1Cl)c1ccn(COc2ccc([N+](=O)[O-])cc2Cl)n1. The minimum Gasteiger partial charge on any atom is -0.470 e. The quantitative estimate of drug-likeness (QED) is 0.272. The molecule has 0 saturated carbocycles. The number of non-ortho nitro benzene ring substituents is 1. The molecule has 174 valence electrons. The summed E-state index contributed by atoms with van der Waals surface area (Å²) in [6.45, 7) is 0.0439. The van der Waals surface area contributed by atoms with Crippen LogP contribution >= 0.6 is 23.2 Å². The van der Waals surface area contributed by atoms with E-state index in [0.717, 1.165) is 0 Å². The minimum absolute atomic E-state index is 0.0677. The van der Waals surface area contributed by atoms with Crippen LogP contribution in [0.25, 0.3) is 0 Å². The molecule has 2 heterocycles. The van der Waals surface area contributed by atoms with E-state index in [1.807, 2.05) is 0 Å². The summed E-state index contributed by atoms with van der Waals surface area (Å²) < 4.78 is 22.1. The Hall–Kier alpha value is -3.96. The number of carbonyl (C=O) groups excluding carboxylic acids is 1. The third-order valence-electron chi connectivity index (χ3n) is 4.59. The van der Waals surface area contributed by atoms with Crippen molar-refractivity contribution in [3.05, 3.63) is 98.2 Å². The van der Waals surface area contributed by atoms with Crippen LogP contribution < -0.4 is 10.1 Å². The van der Waals surface area contributed by atoms with Crippen molar-refractivity contribution in [2.24, 2.45) is 0 Å². The van der Waals surface area contributed by atoms with Crippen LogP contribution in [0.4, 0.5) is 15.9 Å². The van der Waals surface area contributed by atoms with Gasteiger partial charge in [-0.2, -0.15) is 10.2 Å². The molecule has 13 heteroatoms. The van der Waals surface area contributed by atoms with E-state index in [9.17, 15) is 19.3 Å². The van der Waals surface area contributed by atoms with Gasteiger partial charge in [-0.15, -0.1) is 0 Å². The van der Waals surface area contributed by atoms with Gasteiger partial charge in [0.1, 0.15) is 16.6 Å². The summed E-state index contributed by atoms with van der Waals surface area (Å²) in [6, 6.07) is 11.5. The van der Waals surface area contributed by atoms with Crippen LogP contribution in [0.3, 0.4) is 0 Å². The minimum atomic E-state index is -0.566. The predicted molar refractivity (Wildman–Crippen MR) is 122 cm³/mol. The number of anilines is 1. The zero-order valence-corrected chi connectivity index (χ0v) is 18.7. The molecule has 2 aromatic carbocycles. The van der Waals surface area contributed by atoms with Crippen LogP contribution in [0.2, 0.25) is 10.0 Å². The average molecular weight is 505 g/mol. The number of halogens is 3. The van der Waals surface area contributed by atoms with E-state index < -0.39 is 10.8 Å². The van der Waals surface area contributed by atoms with Gasteiger partial charge in [-0.1, -0.05) is 41.4 Å². The zero-order chi connectivity index (χ0) is 24.2. The summed E-state index contributed by atoms with van der Waals surface area (Å²) in [7, 11) is 0. The third kappa shape index (κ3) is 5.33. The van der Waals surface area contributed by atoms with Crippen LogP contribution in [-0.2, 0) is 13.3 Å². The molecule has 0 atom stereocenters. The Morgan fingerprint density at radius 1 is 1.12 bits per heavy atom. The topological polar surface area (TPSA) is 117 Å².